The predicted octanol–water partition coefficient (Wildman–Crippen LogP) is 0.681. The molecule has 0 aliphatic carbocycles. The molecular formula is C10H14N4O. The summed E-state index contributed by atoms with van der Waals surface area (Å²) in [6.07, 6.45) is 0. The summed E-state index contributed by atoms with van der Waals surface area (Å²) in [6, 6.07) is 0. The Morgan fingerprint density at radius 3 is 2.87 bits per heavy atom. The Labute approximate surface area is 88.7 Å². The molecule has 80 valence electrons. The number of hydrogen-bond acceptors (Lipinski definition) is 3. The molecule has 0 saturated heterocycles. The molecule has 0 unspecified atom stereocenters. The monoisotopic (exact) mass is 206 g/mol. The fourth-order valence-electron chi connectivity index (χ4n) is 0.926. The minimum Gasteiger partial charge on any atom is -0.338 e. The summed E-state index contributed by atoms with van der Waals surface area (Å²) in [4.78, 5) is 15.5. The first kappa shape index (κ1) is 11.2. The summed E-state index contributed by atoms with van der Waals surface area (Å²) in [5.41, 5.74) is 0. The van der Waals surface area contributed by atoms with Crippen molar-refractivity contribution < 1.29 is 4.79 Å². The standard InChI is InChI=1S/C10H14N4O/c1-4-5-6-11-10(15)9-12-8(7(2)3)13-14-9/h7H,6H2,1-3H3,(H,11,15)(H,12,13,14). The second kappa shape index (κ2) is 5.15. The largest absolute Gasteiger partial charge is 0.338 e. The van der Waals surface area contributed by atoms with Gasteiger partial charge in [0.05, 0.1) is 6.54 Å². The highest BCUT2D eigenvalue weighted by molar-refractivity contribution is 5.90. The van der Waals surface area contributed by atoms with Crippen LogP contribution in [0.1, 0.15) is 43.1 Å². The van der Waals surface area contributed by atoms with Crippen LogP contribution in [0.5, 0.6) is 0 Å². The van der Waals surface area contributed by atoms with Gasteiger partial charge in [-0.2, -0.15) is 0 Å². The van der Waals surface area contributed by atoms with E-state index in [4.69, 9.17) is 0 Å². The van der Waals surface area contributed by atoms with E-state index < -0.39 is 0 Å². The van der Waals surface area contributed by atoms with Gasteiger partial charge in [-0.15, -0.1) is 11.0 Å². The van der Waals surface area contributed by atoms with E-state index in [2.05, 4.69) is 32.3 Å². The lowest BCUT2D eigenvalue weighted by Crippen LogP contribution is -2.24. The van der Waals surface area contributed by atoms with Gasteiger partial charge in [0, 0.05) is 5.92 Å². The van der Waals surface area contributed by atoms with E-state index in [9.17, 15) is 4.79 Å². The molecule has 0 spiro atoms. The Balaban J connectivity index is 2.60. The van der Waals surface area contributed by atoms with Gasteiger partial charge in [0.15, 0.2) is 0 Å². The van der Waals surface area contributed by atoms with Gasteiger partial charge in [0.1, 0.15) is 5.82 Å². The first-order valence-electron chi connectivity index (χ1n) is 4.75. The van der Waals surface area contributed by atoms with Crippen LogP contribution in [0.3, 0.4) is 0 Å². The number of amides is 1. The van der Waals surface area contributed by atoms with Gasteiger partial charge in [0.2, 0.25) is 5.82 Å². The highest BCUT2D eigenvalue weighted by Gasteiger charge is 2.12. The molecule has 0 aliphatic heterocycles. The summed E-state index contributed by atoms with van der Waals surface area (Å²) >= 11 is 0. The van der Waals surface area contributed by atoms with Crippen molar-refractivity contribution in [3.8, 4) is 11.8 Å². The van der Waals surface area contributed by atoms with Crippen molar-refractivity contribution in [1.82, 2.24) is 20.5 Å². The van der Waals surface area contributed by atoms with Crippen LogP contribution in [0.25, 0.3) is 0 Å². The van der Waals surface area contributed by atoms with E-state index in [1.54, 1.807) is 6.92 Å². The Bertz CT molecular complexity index is 397. The number of carbonyl (C=O) groups is 1. The van der Waals surface area contributed by atoms with Crippen LogP contribution in [0, 0.1) is 11.8 Å². The highest BCUT2D eigenvalue weighted by atomic mass is 16.2. The van der Waals surface area contributed by atoms with Gasteiger partial charge in [-0.3, -0.25) is 9.89 Å². The lowest BCUT2D eigenvalue weighted by molar-refractivity contribution is 0.0948. The molecule has 1 rings (SSSR count). The van der Waals surface area contributed by atoms with E-state index in [1.165, 1.54) is 0 Å². The third-order valence-corrected chi connectivity index (χ3v) is 1.77. The molecule has 2 N–H and O–H groups in total. The number of rotatable bonds is 3. The number of H-pyrrole nitrogens is 1. The Morgan fingerprint density at radius 2 is 2.33 bits per heavy atom. The van der Waals surface area contributed by atoms with Gasteiger partial charge in [-0.25, -0.2) is 4.98 Å². The molecule has 0 aliphatic rings. The maximum absolute atomic E-state index is 11.4. The van der Waals surface area contributed by atoms with Crippen LogP contribution in [-0.2, 0) is 0 Å². The van der Waals surface area contributed by atoms with Crippen molar-refractivity contribution in [3.05, 3.63) is 11.6 Å². The highest BCUT2D eigenvalue weighted by Crippen LogP contribution is 2.07. The van der Waals surface area contributed by atoms with Crippen LogP contribution in [0.4, 0.5) is 0 Å². The molecule has 5 nitrogen and oxygen atoms in total. The number of hydrogen-bond donors (Lipinski definition) is 2. The van der Waals surface area contributed by atoms with Crippen molar-refractivity contribution in [2.24, 2.45) is 0 Å². The SMILES string of the molecule is CC#CCNC(=O)c1n[nH]c(C(C)C)n1. The number of aromatic amines is 1. The number of carbonyl (C=O) groups excluding carboxylic acids is 1. The van der Waals surface area contributed by atoms with Crippen LogP contribution in [0.2, 0.25) is 0 Å². The Morgan fingerprint density at radius 1 is 1.60 bits per heavy atom. The van der Waals surface area contributed by atoms with Gasteiger partial charge < -0.3 is 5.32 Å². The van der Waals surface area contributed by atoms with Gasteiger partial charge in [-0.1, -0.05) is 19.8 Å². The van der Waals surface area contributed by atoms with Gasteiger partial charge in [0.25, 0.3) is 5.91 Å². The van der Waals surface area contributed by atoms with E-state index in [0.29, 0.717) is 12.4 Å². The molecule has 1 heterocycles. The molecule has 15 heavy (non-hydrogen) atoms. The van der Waals surface area contributed by atoms with Crippen molar-refractivity contribution in [1.29, 1.82) is 0 Å². The molecule has 0 atom stereocenters. The summed E-state index contributed by atoms with van der Waals surface area (Å²) in [7, 11) is 0. The lowest BCUT2D eigenvalue weighted by Gasteiger charge is -1.96. The van der Waals surface area contributed by atoms with Gasteiger partial charge >= 0.3 is 0 Å². The van der Waals surface area contributed by atoms with Gasteiger partial charge in [-0.05, 0) is 6.92 Å². The zero-order chi connectivity index (χ0) is 11.3. The molecular weight excluding hydrogens is 192 g/mol. The maximum atomic E-state index is 11.4. The summed E-state index contributed by atoms with van der Waals surface area (Å²) in [5, 5.41) is 9.13. The third kappa shape index (κ3) is 3.09. The molecule has 5 heteroatoms. The molecule has 1 aromatic rings. The molecule has 0 aromatic carbocycles. The fourth-order valence-corrected chi connectivity index (χ4v) is 0.926. The normalized spacial score (nSPS) is 9.60. The second-order valence-electron chi connectivity index (χ2n) is 3.31. The summed E-state index contributed by atoms with van der Waals surface area (Å²) < 4.78 is 0. The van der Waals surface area contributed by atoms with E-state index >= 15 is 0 Å². The maximum Gasteiger partial charge on any atom is 0.291 e. The third-order valence-electron chi connectivity index (χ3n) is 1.77. The molecule has 0 saturated carbocycles. The topological polar surface area (TPSA) is 70.7 Å². The van der Waals surface area contributed by atoms with Crippen molar-refractivity contribution in [2.75, 3.05) is 6.54 Å². The zero-order valence-corrected chi connectivity index (χ0v) is 9.09. The quantitative estimate of drug-likeness (QED) is 0.714. The fraction of sp³-hybridized carbons (Fsp3) is 0.500. The number of nitrogens with zero attached hydrogens (tertiary/aromatic N) is 2. The van der Waals surface area contributed by atoms with E-state index in [-0.39, 0.29) is 17.6 Å². The molecule has 1 amide bonds. The molecule has 0 radical (unpaired) electrons. The minimum atomic E-state index is -0.305. The van der Waals surface area contributed by atoms with Crippen LogP contribution >= 0.6 is 0 Å². The van der Waals surface area contributed by atoms with E-state index in [0.717, 1.165) is 0 Å². The summed E-state index contributed by atoms with van der Waals surface area (Å²) in [6.45, 7) is 5.99. The Hall–Kier alpha value is -1.83. The predicted molar refractivity (Wildman–Crippen MR) is 56.3 cm³/mol. The summed E-state index contributed by atoms with van der Waals surface area (Å²) in [5.74, 6) is 6.22. The van der Waals surface area contributed by atoms with E-state index in [1.807, 2.05) is 13.8 Å². The first-order chi connectivity index (χ1) is 7.15. The first-order valence-corrected chi connectivity index (χ1v) is 4.75. The number of aromatic nitrogens is 3. The number of nitrogens with one attached hydrogen (secondary N) is 2. The van der Waals surface area contributed by atoms with Crippen molar-refractivity contribution in [2.45, 2.75) is 26.7 Å². The average Bonchev–Trinajstić information content (AvgIpc) is 2.66. The molecule has 0 fully saturated rings. The van der Waals surface area contributed by atoms with Crippen molar-refractivity contribution in [3.63, 3.8) is 0 Å². The second-order valence-corrected chi connectivity index (χ2v) is 3.31. The van der Waals surface area contributed by atoms with Crippen LogP contribution in [-0.4, -0.2) is 27.6 Å². The average molecular weight is 206 g/mol. The van der Waals surface area contributed by atoms with Crippen LogP contribution in [0.15, 0.2) is 0 Å². The lowest BCUT2D eigenvalue weighted by atomic mass is 10.2. The Kier molecular flexibility index (Phi) is 3.86. The van der Waals surface area contributed by atoms with Crippen molar-refractivity contribution >= 4 is 5.91 Å². The molecule has 0 bridgehead atoms. The molecule has 1 aromatic heterocycles. The zero-order valence-electron chi connectivity index (χ0n) is 9.09. The smallest absolute Gasteiger partial charge is 0.291 e. The van der Waals surface area contributed by atoms with Crippen LogP contribution < -0.4 is 5.32 Å². The minimum absolute atomic E-state index is 0.164.